The van der Waals surface area contributed by atoms with E-state index in [1.807, 2.05) is 11.8 Å². The summed E-state index contributed by atoms with van der Waals surface area (Å²) in [5, 5.41) is 0. The van der Waals surface area contributed by atoms with Crippen LogP contribution in [0.15, 0.2) is 0 Å². The molecule has 1 saturated heterocycles. The fourth-order valence-corrected chi connectivity index (χ4v) is 2.84. The fourth-order valence-electron chi connectivity index (χ4n) is 2.84. The van der Waals surface area contributed by atoms with Crippen molar-refractivity contribution in [1.29, 1.82) is 0 Å². The predicted octanol–water partition coefficient (Wildman–Crippen LogP) is 1.29. The van der Waals surface area contributed by atoms with Gasteiger partial charge in [0.05, 0.1) is 13.0 Å². The zero-order valence-corrected chi connectivity index (χ0v) is 14.1. The van der Waals surface area contributed by atoms with E-state index in [0.29, 0.717) is 38.9 Å². The molecule has 1 fully saturated rings. The van der Waals surface area contributed by atoms with Gasteiger partial charge >= 0.3 is 5.97 Å². The molecule has 0 spiro atoms. The molecule has 1 rings (SSSR count). The van der Waals surface area contributed by atoms with Crippen molar-refractivity contribution in [1.82, 2.24) is 9.80 Å². The molecule has 22 heavy (non-hydrogen) atoms. The molecule has 6 nitrogen and oxygen atoms in total. The number of carbonyl (C=O) groups is 3. The van der Waals surface area contributed by atoms with Crippen LogP contribution < -0.4 is 0 Å². The SMILES string of the molecule is CCCC(=O)N1CCC(C(=O)N(C)CC(C)C(=O)OC)CC1. The monoisotopic (exact) mass is 312 g/mol. The summed E-state index contributed by atoms with van der Waals surface area (Å²) in [6.45, 7) is 5.40. The number of hydrogen-bond donors (Lipinski definition) is 0. The molecule has 6 heteroatoms. The summed E-state index contributed by atoms with van der Waals surface area (Å²) < 4.78 is 4.68. The number of nitrogens with zero attached hydrogens (tertiary/aromatic N) is 2. The summed E-state index contributed by atoms with van der Waals surface area (Å²) in [7, 11) is 3.07. The van der Waals surface area contributed by atoms with Gasteiger partial charge in [0.15, 0.2) is 0 Å². The second kappa shape index (κ2) is 8.76. The van der Waals surface area contributed by atoms with E-state index < -0.39 is 0 Å². The number of amides is 2. The van der Waals surface area contributed by atoms with E-state index >= 15 is 0 Å². The van der Waals surface area contributed by atoms with Crippen molar-refractivity contribution in [3.63, 3.8) is 0 Å². The van der Waals surface area contributed by atoms with Crippen LogP contribution in [0, 0.1) is 11.8 Å². The van der Waals surface area contributed by atoms with Crippen LogP contribution in [0.3, 0.4) is 0 Å². The molecule has 0 aromatic heterocycles. The third kappa shape index (κ3) is 5.00. The van der Waals surface area contributed by atoms with Crippen LogP contribution in [0.25, 0.3) is 0 Å². The molecule has 0 aromatic carbocycles. The largest absolute Gasteiger partial charge is 0.469 e. The van der Waals surface area contributed by atoms with Gasteiger partial charge in [-0.25, -0.2) is 0 Å². The Morgan fingerprint density at radius 3 is 2.36 bits per heavy atom. The van der Waals surface area contributed by atoms with Crippen LogP contribution in [0.5, 0.6) is 0 Å². The van der Waals surface area contributed by atoms with Crippen LogP contribution in [-0.4, -0.2) is 61.4 Å². The number of esters is 1. The minimum Gasteiger partial charge on any atom is -0.469 e. The summed E-state index contributed by atoms with van der Waals surface area (Å²) in [6.07, 6.45) is 2.83. The van der Waals surface area contributed by atoms with Crippen molar-refractivity contribution in [2.24, 2.45) is 11.8 Å². The molecule has 1 aliphatic rings. The van der Waals surface area contributed by atoms with E-state index in [0.717, 1.165) is 6.42 Å². The minimum absolute atomic E-state index is 0.0540. The summed E-state index contributed by atoms with van der Waals surface area (Å²) in [5.41, 5.74) is 0. The highest BCUT2D eigenvalue weighted by Crippen LogP contribution is 2.20. The van der Waals surface area contributed by atoms with Crippen molar-refractivity contribution >= 4 is 17.8 Å². The van der Waals surface area contributed by atoms with Gasteiger partial charge in [-0.2, -0.15) is 0 Å². The highest BCUT2D eigenvalue weighted by atomic mass is 16.5. The van der Waals surface area contributed by atoms with Crippen LogP contribution >= 0.6 is 0 Å². The van der Waals surface area contributed by atoms with Gasteiger partial charge in [0.2, 0.25) is 11.8 Å². The predicted molar refractivity (Wildman–Crippen MR) is 83.0 cm³/mol. The van der Waals surface area contributed by atoms with E-state index in [2.05, 4.69) is 4.74 Å². The van der Waals surface area contributed by atoms with Crippen LogP contribution in [0.2, 0.25) is 0 Å². The summed E-state index contributed by atoms with van der Waals surface area (Å²) in [5.74, 6) is -0.454. The van der Waals surface area contributed by atoms with Crippen LogP contribution in [0.1, 0.15) is 39.5 Å². The second-order valence-corrected chi connectivity index (χ2v) is 6.05. The lowest BCUT2D eigenvalue weighted by molar-refractivity contribution is -0.147. The first-order valence-electron chi connectivity index (χ1n) is 8.01. The molecular weight excluding hydrogens is 284 g/mol. The summed E-state index contributed by atoms with van der Waals surface area (Å²) >= 11 is 0. The highest BCUT2D eigenvalue weighted by molar-refractivity contribution is 5.81. The minimum atomic E-state index is -0.329. The summed E-state index contributed by atoms with van der Waals surface area (Å²) in [6, 6.07) is 0. The summed E-state index contributed by atoms with van der Waals surface area (Å²) in [4.78, 5) is 39.1. The van der Waals surface area contributed by atoms with Crippen molar-refractivity contribution in [3.8, 4) is 0 Å². The van der Waals surface area contributed by atoms with Gasteiger partial charge in [-0.05, 0) is 19.3 Å². The molecular formula is C16H28N2O4. The Kier molecular flexibility index (Phi) is 7.35. The lowest BCUT2D eigenvalue weighted by Gasteiger charge is -2.33. The Hall–Kier alpha value is -1.59. The van der Waals surface area contributed by atoms with Gasteiger partial charge in [0, 0.05) is 39.0 Å². The Morgan fingerprint density at radius 2 is 1.86 bits per heavy atom. The first kappa shape index (κ1) is 18.5. The molecule has 1 heterocycles. The van der Waals surface area contributed by atoms with Crippen molar-refractivity contribution in [2.75, 3.05) is 33.8 Å². The molecule has 0 saturated carbocycles. The maximum atomic E-state index is 12.4. The Labute approximate surface area is 132 Å². The van der Waals surface area contributed by atoms with Gasteiger partial charge in [0.25, 0.3) is 0 Å². The lowest BCUT2D eigenvalue weighted by Crippen LogP contribution is -2.44. The van der Waals surface area contributed by atoms with E-state index in [4.69, 9.17) is 0 Å². The van der Waals surface area contributed by atoms with Gasteiger partial charge in [-0.1, -0.05) is 13.8 Å². The Morgan fingerprint density at radius 1 is 1.27 bits per heavy atom. The van der Waals surface area contributed by atoms with Gasteiger partial charge in [-0.15, -0.1) is 0 Å². The number of ether oxygens (including phenoxy) is 1. The second-order valence-electron chi connectivity index (χ2n) is 6.05. The van der Waals surface area contributed by atoms with Gasteiger partial charge in [0.1, 0.15) is 0 Å². The standard InChI is InChI=1S/C16H28N2O4/c1-5-6-14(19)18-9-7-13(8-10-18)15(20)17(3)11-12(2)16(21)22-4/h12-13H,5-11H2,1-4H3. The first-order chi connectivity index (χ1) is 10.4. The smallest absolute Gasteiger partial charge is 0.310 e. The zero-order chi connectivity index (χ0) is 16.7. The number of rotatable bonds is 6. The maximum Gasteiger partial charge on any atom is 0.310 e. The molecule has 126 valence electrons. The molecule has 0 aliphatic carbocycles. The number of methoxy groups -OCH3 is 1. The zero-order valence-electron chi connectivity index (χ0n) is 14.1. The van der Waals surface area contributed by atoms with Crippen molar-refractivity contribution in [2.45, 2.75) is 39.5 Å². The van der Waals surface area contributed by atoms with E-state index in [9.17, 15) is 14.4 Å². The average molecular weight is 312 g/mol. The lowest BCUT2D eigenvalue weighted by atomic mass is 9.94. The van der Waals surface area contributed by atoms with Crippen LogP contribution in [0.4, 0.5) is 0 Å². The topological polar surface area (TPSA) is 66.9 Å². The van der Waals surface area contributed by atoms with E-state index in [-0.39, 0.29) is 29.6 Å². The van der Waals surface area contributed by atoms with E-state index in [1.165, 1.54) is 7.11 Å². The number of piperidine rings is 1. The first-order valence-corrected chi connectivity index (χ1v) is 8.01. The third-order valence-electron chi connectivity index (χ3n) is 4.19. The molecule has 1 unspecified atom stereocenters. The fraction of sp³-hybridized carbons (Fsp3) is 0.812. The molecule has 1 atom stereocenters. The number of likely N-dealkylation sites (tertiary alicyclic amines) is 1. The average Bonchev–Trinajstić information content (AvgIpc) is 2.53. The Bertz CT molecular complexity index is 403. The maximum absolute atomic E-state index is 12.4. The highest BCUT2D eigenvalue weighted by Gasteiger charge is 2.29. The Balaban J connectivity index is 2.44. The van der Waals surface area contributed by atoms with Crippen molar-refractivity contribution < 1.29 is 19.1 Å². The van der Waals surface area contributed by atoms with Crippen molar-refractivity contribution in [3.05, 3.63) is 0 Å². The molecule has 0 aromatic rings. The third-order valence-corrected chi connectivity index (χ3v) is 4.19. The quantitative estimate of drug-likeness (QED) is 0.693. The molecule has 2 amide bonds. The molecule has 1 aliphatic heterocycles. The molecule has 0 N–H and O–H groups in total. The van der Waals surface area contributed by atoms with E-state index in [1.54, 1.807) is 18.9 Å². The number of carbonyl (C=O) groups excluding carboxylic acids is 3. The normalized spacial score (nSPS) is 17.0. The van der Waals surface area contributed by atoms with Crippen LogP contribution in [-0.2, 0) is 19.1 Å². The van der Waals surface area contributed by atoms with Gasteiger partial charge in [-0.3, -0.25) is 14.4 Å². The number of hydrogen-bond acceptors (Lipinski definition) is 4. The van der Waals surface area contributed by atoms with Gasteiger partial charge < -0.3 is 14.5 Å². The molecule has 0 bridgehead atoms. The molecule has 0 radical (unpaired) electrons.